The number of para-hydroxylation sites is 1. The summed E-state index contributed by atoms with van der Waals surface area (Å²) in [6.07, 6.45) is 8.21. The van der Waals surface area contributed by atoms with Crippen molar-refractivity contribution in [3.63, 3.8) is 0 Å². The average molecular weight is 539 g/mol. The van der Waals surface area contributed by atoms with E-state index in [0.717, 1.165) is 52.2 Å². The number of hydrogen-bond donors (Lipinski definition) is 4. The lowest BCUT2D eigenvalue weighted by atomic mass is 9.89. The van der Waals surface area contributed by atoms with Crippen LogP contribution in [0.5, 0.6) is 5.75 Å². The van der Waals surface area contributed by atoms with Gasteiger partial charge in [-0.3, -0.25) is 4.79 Å². The van der Waals surface area contributed by atoms with Crippen molar-refractivity contribution in [2.45, 2.75) is 38.0 Å². The van der Waals surface area contributed by atoms with Gasteiger partial charge < -0.3 is 36.0 Å². The predicted molar refractivity (Wildman–Crippen MR) is 150 cm³/mol. The fraction of sp³-hybridized carbons (Fsp3) is 0.481. The van der Waals surface area contributed by atoms with E-state index in [1.807, 2.05) is 16.6 Å². The van der Waals surface area contributed by atoms with Gasteiger partial charge in [-0.15, -0.1) is 0 Å². The number of amides is 1. The lowest BCUT2D eigenvalue weighted by molar-refractivity contribution is -0.109. The maximum absolute atomic E-state index is 9.77. The van der Waals surface area contributed by atoms with Crippen LogP contribution in [-0.2, 0) is 14.3 Å². The summed E-state index contributed by atoms with van der Waals surface area (Å²) in [4.78, 5) is 22.4. The minimum Gasteiger partial charge on any atom is -0.495 e. The van der Waals surface area contributed by atoms with Crippen LogP contribution in [0.1, 0.15) is 43.8 Å². The standard InChI is InChI=1S/C20H22N6O.C7H16N2O3/c1-27-15-9-5-8-13-10-14(24-16(13)15)17-18-19(21)22-11-23-26(18)20(25-17)12-6-3-2-4-7-12;8-1-3-11-5-6-12-4-2-9-7-10/h5,8-12,24H,2-4,6-7H2,1H3,(H2,21,22,23);7H,1-6,8H2,(H,9,10). The van der Waals surface area contributed by atoms with Crippen molar-refractivity contribution < 1.29 is 19.0 Å². The van der Waals surface area contributed by atoms with Crippen LogP contribution in [0, 0.1) is 0 Å². The normalized spacial score (nSPS) is 13.8. The fourth-order valence-corrected chi connectivity index (χ4v) is 4.81. The lowest BCUT2D eigenvalue weighted by Crippen LogP contribution is -2.19. The molecule has 210 valence electrons. The van der Waals surface area contributed by atoms with Gasteiger partial charge in [0, 0.05) is 24.4 Å². The Bertz CT molecular complexity index is 1330. The zero-order valence-corrected chi connectivity index (χ0v) is 22.4. The van der Waals surface area contributed by atoms with Gasteiger partial charge in [-0.2, -0.15) is 5.10 Å². The highest BCUT2D eigenvalue weighted by atomic mass is 16.5. The van der Waals surface area contributed by atoms with Crippen molar-refractivity contribution in [3.05, 3.63) is 36.4 Å². The molecule has 3 heterocycles. The number of nitrogens with zero attached hydrogens (tertiary/aromatic N) is 4. The molecule has 1 saturated carbocycles. The van der Waals surface area contributed by atoms with Crippen LogP contribution in [0.25, 0.3) is 27.8 Å². The van der Waals surface area contributed by atoms with Crippen molar-refractivity contribution in [2.24, 2.45) is 5.73 Å². The number of H-pyrrole nitrogens is 1. The predicted octanol–water partition coefficient (Wildman–Crippen LogP) is 2.64. The van der Waals surface area contributed by atoms with E-state index in [1.165, 1.54) is 25.6 Å². The number of fused-ring (bicyclic) bond motifs is 2. The Kier molecular flexibility index (Phi) is 10.5. The van der Waals surface area contributed by atoms with Crippen molar-refractivity contribution >= 4 is 28.6 Å². The Balaban J connectivity index is 0.000000251. The summed E-state index contributed by atoms with van der Waals surface area (Å²) >= 11 is 0. The first kappa shape index (κ1) is 28.3. The molecule has 0 unspecified atom stereocenters. The van der Waals surface area contributed by atoms with Gasteiger partial charge in [-0.05, 0) is 25.0 Å². The molecule has 1 aromatic carbocycles. The Hall–Kier alpha value is -3.74. The number of carbonyl (C=O) groups is 1. The first-order chi connectivity index (χ1) is 19.2. The van der Waals surface area contributed by atoms with Gasteiger partial charge in [0.2, 0.25) is 6.41 Å². The first-order valence-corrected chi connectivity index (χ1v) is 13.4. The largest absolute Gasteiger partial charge is 0.495 e. The summed E-state index contributed by atoms with van der Waals surface area (Å²) in [6.45, 7) is 3.26. The maximum atomic E-state index is 9.77. The molecule has 39 heavy (non-hydrogen) atoms. The van der Waals surface area contributed by atoms with Crippen LogP contribution in [0.3, 0.4) is 0 Å². The van der Waals surface area contributed by atoms with Crippen molar-refractivity contribution in [2.75, 3.05) is 52.4 Å². The second kappa shape index (κ2) is 14.4. The Labute approximate surface area is 227 Å². The maximum Gasteiger partial charge on any atom is 0.207 e. The van der Waals surface area contributed by atoms with Crippen molar-refractivity contribution in [3.8, 4) is 17.1 Å². The molecule has 5 rings (SSSR count). The van der Waals surface area contributed by atoms with E-state index < -0.39 is 0 Å². The van der Waals surface area contributed by atoms with E-state index in [9.17, 15) is 4.79 Å². The number of carbonyl (C=O) groups excluding carboxylic acids is 1. The second-order valence-electron chi connectivity index (χ2n) is 9.25. The molecular formula is C27H38N8O4. The summed E-state index contributed by atoms with van der Waals surface area (Å²) in [5, 5.41) is 8.03. The summed E-state index contributed by atoms with van der Waals surface area (Å²) in [5.41, 5.74) is 14.8. The number of methoxy groups -OCH3 is 1. The molecule has 1 amide bonds. The summed E-state index contributed by atoms with van der Waals surface area (Å²) in [7, 11) is 1.67. The Morgan fingerprint density at radius 1 is 1.15 bits per heavy atom. The minimum atomic E-state index is 0.410. The van der Waals surface area contributed by atoms with E-state index in [2.05, 4.69) is 32.5 Å². The van der Waals surface area contributed by atoms with Gasteiger partial charge in [-0.1, -0.05) is 31.4 Å². The molecule has 0 aliphatic heterocycles. The SMILES string of the molecule is COc1cccc2cc(-c3nc(C4CCCCC4)n4ncnc(N)c34)[nH]c12.NCCOCCOCCNC=O. The van der Waals surface area contributed by atoms with Gasteiger partial charge in [0.05, 0.1) is 44.7 Å². The van der Waals surface area contributed by atoms with E-state index in [1.54, 1.807) is 7.11 Å². The molecule has 3 aromatic heterocycles. The first-order valence-electron chi connectivity index (χ1n) is 13.4. The van der Waals surface area contributed by atoms with Gasteiger partial charge in [0.25, 0.3) is 0 Å². The zero-order valence-electron chi connectivity index (χ0n) is 22.4. The summed E-state index contributed by atoms with van der Waals surface area (Å²) in [5.74, 6) is 2.65. The molecule has 0 bridgehead atoms. The van der Waals surface area contributed by atoms with Crippen LogP contribution in [0.2, 0.25) is 0 Å². The van der Waals surface area contributed by atoms with E-state index >= 15 is 0 Å². The fourth-order valence-electron chi connectivity index (χ4n) is 4.81. The van der Waals surface area contributed by atoms with Crippen LogP contribution < -0.4 is 21.5 Å². The number of hydrogen-bond acceptors (Lipinski definition) is 9. The quantitative estimate of drug-likeness (QED) is 0.156. The number of ether oxygens (including phenoxy) is 3. The van der Waals surface area contributed by atoms with Gasteiger partial charge in [-0.25, -0.2) is 14.5 Å². The molecule has 0 atom stereocenters. The highest BCUT2D eigenvalue weighted by molar-refractivity contribution is 5.93. The number of nitrogens with two attached hydrogens (primary N) is 2. The third kappa shape index (κ3) is 7.02. The highest BCUT2D eigenvalue weighted by Gasteiger charge is 2.25. The van der Waals surface area contributed by atoms with Crippen LogP contribution in [0.15, 0.2) is 30.6 Å². The number of rotatable bonds is 12. The van der Waals surface area contributed by atoms with Gasteiger partial charge >= 0.3 is 0 Å². The number of nitrogen functional groups attached to an aromatic ring is 1. The Morgan fingerprint density at radius 3 is 2.69 bits per heavy atom. The number of anilines is 1. The van der Waals surface area contributed by atoms with Crippen molar-refractivity contribution in [1.29, 1.82) is 0 Å². The molecular weight excluding hydrogens is 500 g/mol. The third-order valence-electron chi connectivity index (χ3n) is 6.66. The van der Waals surface area contributed by atoms with Crippen LogP contribution in [-0.4, -0.2) is 77.6 Å². The number of aromatic nitrogens is 5. The van der Waals surface area contributed by atoms with Crippen molar-refractivity contribution in [1.82, 2.24) is 29.9 Å². The molecule has 0 spiro atoms. The topological polar surface area (TPSA) is 168 Å². The molecule has 12 nitrogen and oxygen atoms in total. The molecule has 6 N–H and O–H groups in total. The number of aromatic amines is 1. The summed E-state index contributed by atoms with van der Waals surface area (Å²) in [6, 6.07) is 8.06. The smallest absolute Gasteiger partial charge is 0.207 e. The second-order valence-corrected chi connectivity index (χ2v) is 9.25. The zero-order chi connectivity index (χ0) is 27.5. The average Bonchev–Trinajstić information content (AvgIpc) is 3.58. The summed E-state index contributed by atoms with van der Waals surface area (Å²) < 4.78 is 17.5. The molecule has 4 aromatic rings. The van der Waals surface area contributed by atoms with Gasteiger partial charge in [0.15, 0.2) is 5.82 Å². The van der Waals surface area contributed by atoms with Gasteiger partial charge in [0.1, 0.15) is 29.1 Å². The number of benzene rings is 1. The molecule has 12 heteroatoms. The van der Waals surface area contributed by atoms with E-state index in [-0.39, 0.29) is 0 Å². The lowest BCUT2D eigenvalue weighted by Gasteiger charge is -2.19. The minimum absolute atomic E-state index is 0.410. The number of imidazole rings is 1. The van der Waals surface area contributed by atoms with E-state index in [0.29, 0.717) is 57.7 Å². The molecule has 0 saturated heterocycles. The van der Waals surface area contributed by atoms with E-state index in [4.69, 9.17) is 30.7 Å². The number of nitrogens with one attached hydrogen (secondary N) is 2. The molecule has 0 radical (unpaired) electrons. The molecule has 1 aliphatic rings. The molecule has 1 aliphatic carbocycles. The third-order valence-corrected chi connectivity index (χ3v) is 6.66. The van der Waals surface area contributed by atoms with Crippen LogP contribution in [0.4, 0.5) is 5.82 Å². The highest BCUT2D eigenvalue weighted by Crippen LogP contribution is 2.37. The monoisotopic (exact) mass is 538 g/mol. The Morgan fingerprint density at radius 2 is 1.95 bits per heavy atom. The molecule has 1 fully saturated rings. The van der Waals surface area contributed by atoms with Crippen LogP contribution >= 0.6 is 0 Å².